The molecule has 1 amide bonds. The van der Waals surface area contributed by atoms with Gasteiger partial charge in [-0.15, -0.1) is 0 Å². The quantitative estimate of drug-likeness (QED) is 0.725. The van der Waals surface area contributed by atoms with Crippen LogP contribution in [-0.4, -0.2) is 22.7 Å². The predicted octanol–water partition coefficient (Wildman–Crippen LogP) is 3.19. The van der Waals surface area contributed by atoms with E-state index in [0.29, 0.717) is 35.4 Å². The van der Waals surface area contributed by atoms with Crippen LogP contribution in [0.2, 0.25) is 0 Å². The third-order valence-corrected chi connectivity index (χ3v) is 4.01. The first-order valence-electron chi connectivity index (χ1n) is 8.52. The lowest BCUT2D eigenvalue weighted by atomic mass is 10.2. The van der Waals surface area contributed by atoms with Gasteiger partial charge >= 0.3 is 0 Å². The van der Waals surface area contributed by atoms with Gasteiger partial charge in [-0.1, -0.05) is 24.3 Å². The molecule has 27 heavy (non-hydrogen) atoms. The second-order valence-corrected chi connectivity index (χ2v) is 6.05. The molecule has 2 aromatic carbocycles. The maximum atomic E-state index is 12.5. The highest BCUT2D eigenvalue weighted by Crippen LogP contribution is 2.32. The zero-order valence-corrected chi connectivity index (χ0v) is 14.7. The Balaban J connectivity index is 1.45. The average Bonchev–Trinajstić information content (AvgIpc) is 3.14. The molecule has 1 aromatic heterocycles. The molecule has 2 N–H and O–H groups in total. The number of aromatic nitrogens is 2. The van der Waals surface area contributed by atoms with Crippen LogP contribution in [0.1, 0.15) is 21.9 Å². The van der Waals surface area contributed by atoms with Gasteiger partial charge in [-0.2, -0.15) is 0 Å². The number of anilines is 2. The predicted molar refractivity (Wildman–Crippen MR) is 100 cm³/mol. The van der Waals surface area contributed by atoms with Crippen LogP contribution in [0, 0.1) is 6.92 Å². The minimum absolute atomic E-state index is 0.225. The minimum atomic E-state index is -0.269. The third kappa shape index (κ3) is 3.98. The van der Waals surface area contributed by atoms with Crippen LogP contribution in [0.15, 0.2) is 54.6 Å². The number of hydrogen-bond donors (Lipinski definition) is 2. The molecule has 0 unspecified atom stereocenters. The number of rotatable bonds is 5. The number of nitrogens with zero attached hydrogens (tertiary/aromatic N) is 2. The van der Waals surface area contributed by atoms with E-state index in [1.165, 1.54) is 0 Å². The molecule has 0 aliphatic carbocycles. The molecule has 0 radical (unpaired) electrons. The van der Waals surface area contributed by atoms with Crippen LogP contribution in [0.5, 0.6) is 11.5 Å². The Morgan fingerprint density at radius 2 is 1.85 bits per heavy atom. The van der Waals surface area contributed by atoms with E-state index >= 15 is 0 Å². The summed E-state index contributed by atoms with van der Waals surface area (Å²) >= 11 is 0. The summed E-state index contributed by atoms with van der Waals surface area (Å²) in [6.07, 6.45) is 0. The lowest BCUT2D eigenvalue weighted by Crippen LogP contribution is -2.24. The number of aryl methyl sites for hydroxylation is 1. The summed E-state index contributed by atoms with van der Waals surface area (Å²) in [6.45, 7) is 2.34. The number of amides is 1. The Bertz CT molecular complexity index is 976. The summed E-state index contributed by atoms with van der Waals surface area (Å²) in [5.74, 6) is 2.22. The average molecular weight is 362 g/mol. The van der Waals surface area contributed by atoms with Crippen molar-refractivity contribution in [3.8, 4) is 11.5 Å². The molecule has 0 spiro atoms. The fourth-order valence-corrected chi connectivity index (χ4v) is 2.74. The summed E-state index contributed by atoms with van der Waals surface area (Å²) in [5, 5.41) is 6.05. The van der Waals surface area contributed by atoms with Crippen molar-refractivity contribution in [2.24, 2.45) is 0 Å². The van der Waals surface area contributed by atoms with E-state index in [0.717, 1.165) is 11.3 Å². The molecule has 2 heterocycles. The fourth-order valence-electron chi connectivity index (χ4n) is 2.74. The van der Waals surface area contributed by atoms with Crippen LogP contribution in [0.25, 0.3) is 0 Å². The number of hydrogen-bond acceptors (Lipinski definition) is 6. The molecular weight excluding hydrogens is 344 g/mol. The highest BCUT2D eigenvalue weighted by atomic mass is 16.7. The molecule has 0 atom stereocenters. The standard InChI is InChI=1S/C20H18N4O3/c1-13-22-16(10-19(23-13)24-15-5-3-2-4-6-15)20(25)21-11-14-7-8-17-18(9-14)27-12-26-17/h2-10H,11-12H2,1H3,(H,21,25)(H,22,23,24). The van der Waals surface area contributed by atoms with Gasteiger partial charge in [-0.3, -0.25) is 4.79 Å². The van der Waals surface area contributed by atoms with Crippen LogP contribution in [-0.2, 0) is 6.54 Å². The highest BCUT2D eigenvalue weighted by molar-refractivity contribution is 5.93. The number of benzene rings is 2. The number of para-hydroxylation sites is 1. The highest BCUT2D eigenvalue weighted by Gasteiger charge is 2.14. The topological polar surface area (TPSA) is 85.4 Å². The van der Waals surface area contributed by atoms with E-state index in [1.807, 2.05) is 48.5 Å². The normalized spacial score (nSPS) is 11.9. The molecule has 3 aromatic rings. The molecule has 7 heteroatoms. The zero-order valence-electron chi connectivity index (χ0n) is 14.7. The summed E-state index contributed by atoms with van der Waals surface area (Å²) in [6, 6.07) is 16.9. The van der Waals surface area contributed by atoms with Crippen LogP contribution in [0.4, 0.5) is 11.5 Å². The van der Waals surface area contributed by atoms with E-state index in [1.54, 1.807) is 13.0 Å². The second kappa shape index (κ2) is 7.33. The molecule has 0 saturated carbocycles. The molecule has 7 nitrogen and oxygen atoms in total. The van der Waals surface area contributed by atoms with Gasteiger partial charge in [0.1, 0.15) is 17.3 Å². The SMILES string of the molecule is Cc1nc(Nc2ccccc2)cc(C(=O)NCc2ccc3c(c2)OCO3)n1. The smallest absolute Gasteiger partial charge is 0.270 e. The van der Waals surface area contributed by atoms with Crippen molar-refractivity contribution in [2.45, 2.75) is 13.5 Å². The van der Waals surface area contributed by atoms with Crippen molar-refractivity contribution in [1.29, 1.82) is 0 Å². The Morgan fingerprint density at radius 3 is 2.70 bits per heavy atom. The summed E-state index contributed by atoms with van der Waals surface area (Å²) in [7, 11) is 0. The molecule has 0 saturated heterocycles. The van der Waals surface area contributed by atoms with E-state index < -0.39 is 0 Å². The minimum Gasteiger partial charge on any atom is -0.454 e. The molecule has 0 fully saturated rings. The molecular formula is C20H18N4O3. The first kappa shape index (κ1) is 16.8. The third-order valence-electron chi connectivity index (χ3n) is 4.01. The first-order chi connectivity index (χ1) is 13.2. The number of fused-ring (bicyclic) bond motifs is 1. The van der Waals surface area contributed by atoms with Crippen LogP contribution in [0.3, 0.4) is 0 Å². The van der Waals surface area contributed by atoms with Gasteiger partial charge in [0.2, 0.25) is 6.79 Å². The van der Waals surface area contributed by atoms with Crippen molar-refractivity contribution < 1.29 is 14.3 Å². The summed E-state index contributed by atoms with van der Waals surface area (Å²) in [4.78, 5) is 21.1. The molecule has 4 rings (SSSR count). The van der Waals surface area contributed by atoms with Crippen molar-refractivity contribution >= 4 is 17.4 Å². The van der Waals surface area contributed by atoms with Gasteiger partial charge < -0.3 is 20.1 Å². The molecule has 136 valence electrons. The Labute approximate surface area is 156 Å². The second-order valence-electron chi connectivity index (χ2n) is 6.05. The Hall–Kier alpha value is -3.61. The Morgan fingerprint density at radius 1 is 1.04 bits per heavy atom. The van der Waals surface area contributed by atoms with Crippen molar-refractivity contribution in [1.82, 2.24) is 15.3 Å². The van der Waals surface area contributed by atoms with E-state index in [2.05, 4.69) is 20.6 Å². The van der Waals surface area contributed by atoms with Crippen LogP contribution >= 0.6 is 0 Å². The van der Waals surface area contributed by atoms with E-state index in [4.69, 9.17) is 9.47 Å². The maximum Gasteiger partial charge on any atom is 0.270 e. The van der Waals surface area contributed by atoms with Gasteiger partial charge in [-0.25, -0.2) is 9.97 Å². The molecule has 1 aliphatic heterocycles. The van der Waals surface area contributed by atoms with Crippen molar-refractivity contribution in [3.05, 3.63) is 71.7 Å². The van der Waals surface area contributed by atoms with Gasteiger partial charge in [0.05, 0.1) is 0 Å². The largest absolute Gasteiger partial charge is 0.454 e. The number of ether oxygens (including phenoxy) is 2. The lowest BCUT2D eigenvalue weighted by molar-refractivity contribution is 0.0945. The number of carbonyl (C=O) groups is 1. The number of nitrogens with one attached hydrogen (secondary N) is 2. The first-order valence-corrected chi connectivity index (χ1v) is 8.52. The maximum absolute atomic E-state index is 12.5. The summed E-state index contributed by atoms with van der Waals surface area (Å²) in [5.41, 5.74) is 2.12. The van der Waals surface area contributed by atoms with Crippen LogP contribution < -0.4 is 20.1 Å². The fraction of sp³-hybridized carbons (Fsp3) is 0.150. The number of carbonyl (C=O) groups excluding carboxylic acids is 1. The van der Waals surface area contributed by atoms with E-state index in [9.17, 15) is 4.79 Å². The zero-order chi connectivity index (χ0) is 18.6. The summed E-state index contributed by atoms with van der Waals surface area (Å²) < 4.78 is 10.6. The van der Waals surface area contributed by atoms with Gasteiger partial charge in [0.15, 0.2) is 11.5 Å². The van der Waals surface area contributed by atoms with Gasteiger partial charge in [-0.05, 0) is 36.8 Å². The van der Waals surface area contributed by atoms with E-state index in [-0.39, 0.29) is 12.7 Å². The molecule has 0 bridgehead atoms. The van der Waals surface area contributed by atoms with Crippen molar-refractivity contribution in [2.75, 3.05) is 12.1 Å². The lowest BCUT2D eigenvalue weighted by Gasteiger charge is -2.09. The van der Waals surface area contributed by atoms with Gasteiger partial charge in [0.25, 0.3) is 5.91 Å². The van der Waals surface area contributed by atoms with Crippen molar-refractivity contribution in [3.63, 3.8) is 0 Å². The molecule has 1 aliphatic rings. The Kier molecular flexibility index (Phi) is 4.57. The monoisotopic (exact) mass is 362 g/mol. The van der Waals surface area contributed by atoms with Gasteiger partial charge in [0, 0.05) is 18.3 Å².